The Morgan fingerprint density at radius 1 is 1.80 bits per heavy atom. The van der Waals surface area contributed by atoms with Crippen LogP contribution in [0.15, 0.2) is 0 Å². The quantitative estimate of drug-likeness (QED) is 0.329. The van der Waals surface area contributed by atoms with E-state index in [1.54, 1.807) is 0 Å². The number of nitrogens with zero attached hydrogens (tertiary/aromatic N) is 1. The molecule has 1 rings (SSSR count). The highest BCUT2D eigenvalue weighted by Crippen LogP contribution is 2.04. The van der Waals surface area contributed by atoms with Crippen molar-refractivity contribution in [3.05, 3.63) is 0 Å². The van der Waals surface area contributed by atoms with Gasteiger partial charge >= 0.3 is 5.37 Å². The molecule has 1 amide bonds. The SMILES string of the molecule is O=CC1NCCN1C(=O)Cl. The number of amides is 1. The summed E-state index contributed by atoms with van der Waals surface area (Å²) in [6, 6.07) is 0. The molecule has 1 N–H and O–H groups in total. The van der Waals surface area contributed by atoms with Crippen LogP contribution >= 0.6 is 11.6 Å². The number of hydrogen-bond acceptors (Lipinski definition) is 3. The summed E-state index contributed by atoms with van der Waals surface area (Å²) in [5.74, 6) is 0. The largest absolute Gasteiger partial charge is 0.318 e. The van der Waals surface area contributed by atoms with E-state index < -0.39 is 11.5 Å². The van der Waals surface area contributed by atoms with E-state index in [1.807, 2.05) is 0 Å². The van der Waals surface area contributed by atoms with Crippen molar-refractivity contribution >= 4 is 23.3 Å². The van der Waals surface area contributed by atoms with Crippen LogP contribution in [0.5, 0.6) is 0 Å². The first kappa shape index (κ1) is 7.50. The minimum atomic E-state index is -0.581. The Bertz CT molecular complexity index is 162. The van der Waals surface area contributed by atoms with Gasteiger partial charge in [0.1, 0.15) is 6.17 Å². The van der Waals surface area contributed by atoms with Crippen molar-refractivity contribution in [1.82, 2.24) is 10.2 Å². The molecular formula is C5H7ClN2O2. The lowest BCUT2D eigenvalue weighted by Crippen LogP contribution is -2.38. The zero-order valence-corrected chi connectivity index (χ0v) is 5.97. The van der Waals surface area contributed by atoms with E-state index in [-0.39, 0.29) is 0 Å². The summed E-state index contributed by atoms with van der Waals surface area (Å²) in [5.41, 5.74) is 0. The van der Waals surface area contributed by atoms with Gasteiger partial charge in [-0.15, -0.1) is 0 Å². The summed E-state index contributed by atoms with van der Waals surface area (Å²) >= 11 is 5.15. The lowest BCUT2D eigenvalue weighted by atomic mass is 10.5. The molecular weight excluding hydrogens is 156 g/mol. The average Bonchev–Trinajstić information content (AvgIpc) is 2.33. The molecule has 1 unspecified atom stereocenters. The van der Waals surface area contributed by atoms with Gasteiger partial charge in [0.05, 0.1) is 0 Å². The fourth-order valence-electron chi connectivity index (χ4n) is 0.901. The summed E-state index contributed by atoms with van der Waals surface area (Å²) in [4.78, 5) is 22.0. The van der Waals surface area contributed by atoms with E-state index in [0.29, 0.717) is 19.4 Å². The van der Waals surface area contributed by atoms with Crippen LogP contribution in [0, 0.1) is 0 Å². The molecule has 0 aromatic rings. The monoisotopic (exact) mass is 162 g/mol. The molecule has 1 fully saturated rings. The van der Waals surface area contributed by atoms with Crippen LogP contribution in [0.3, 0.4) is 0 Å². The molecule has 5 heteroatoms. The lowest BCUT2D eigenvalue weighted by Gasteiger charge is -2.14. The predicted molar refractivity (Wildman–Crippen MR) is 35.8 cm³/mol. The third kappa shape index (κ3) is 1.27. The standard InChI is InChI=1S/C5H7ClN2O2/c6-5(10)8-2-1-7-4(8)3-9/h3-4,7H,1-2H2. The van der Waals surface area contributed by atoms with Gasteiger partial charge in [-0.05, 0) is 11.6 Å². The van der Waals surface area contributed by atoms with E-state index >= 15 is 0 Å². The number of carbonyl (C=O) groups excluding carboxylic acids is 2. The second-order valence-corrected chi connectivity index (χ2v) is 2.30. The molecule has 0 aliphatic carbocycles. The topological polar surface area (TPSA) is 49.4 Å². The Balaban J connectivity index is 2.58. The highest BCUT2D eigenvalue weighted by Gasteiger charge is 2.25. The highest BCUT2D eigenvalue weighted by molar-refractivity contribution is 6.62. The van der Waals surface area contributed by atoms with Gasteiger partial charge in [0.15, 0.2) is 6.29 Å². The molecule has 56 valence electrons. The molecule has 0 radical (unpaired) electrons. The van der Waals surface area contributed by atoms with E-state index in [1.165, 1.54) is 4.90 Å². The van der Waals surface area contributed by atoms with Gasteiger partial charge in [0.25, 0.3) is 0 Å². The lowest BCUT2D eigenvalue weighted by molar-refractivity contribution is -0.111. The first-order chi connectivity index (χ1) is 4.75. The second kappa shape index (κ2) is 2.98. The Morgan fingerprint density at radius 3 is 2.90 bits per heavy atom. The van der Waals surface area contributed by atoms with Gasteiger partial charge < -0.3 is 4.90 Å². The summed E-state index contributed by atoms with van der Waals surface area (Å²) in [6.45, 7) is 1.13. The smallest absolute Gasteiger partial charge is 0.306 e. The normalized spacial score (nSPS) is 24.9. The number of hydrogen-bond donors (Lipinski definition) is 1. The number of carbonyl (C=O) groups is 2. The minimum Gasteiger partial charge on any atom is -0.306 e. The molecule has 4 nitrogen and oxygen atoms in total. The number of nitrogens with one attached hydrogen (secondary N) is 1. The molecule has 1 aliphatic rings. The van der Waals surface area contributed by atoms with Crippen LogP contribution in [0.2, 0.25) is 0 Å². The van der Waals surface area contributed by atoms with Gasteiger partial charge in [-0.1, -0.05) is 0 Å². The first-order valence-electron chi connectivity index (χ1n) is 2.90. The molecule has 1 aliphatic heterocycles. The molecule has 0 spiro atoms. The average molecular weight is 163 g/mol. The fraction of sp³-hybridized carbons (Fsp3) is 0.600. The van der Waals surface area contributed by atoms with Crippen LogP contribution in [0.1, 0.15) is 0 Å². The molecule has 1 atom stereocenters. The van der Waals surface area contributed by atoms with Crippen LogP contribution in [-0.2, 0) is 4.79 Å². The second-order valence-electron chi connectivity index (χ2n) is 1.98. The van der Waals surface area contributed by atoms with Crippen molar-refractivity contribution in [2.24, 2.45) is 0 Å². The fourth-order valence-corrected chi connectivity index (χ4v) is 1.09. The number of aldehydes is 1. The zero-order chi connectivity index (χ0) is 7.56. The maximum absolute atomic E-state index is 10.5. The van der Waals surface area contributed by atoms with Gasteiger partial charge in [0.2, 0.25) is 0 Å². The van der Waals surface area contributed by atoms with Crippen molar-refractivity contribution in [2.75, 3.05) is 13.1 Å². The van der Waals surface area contributed by atoms with Crippen LogP contribution in [0.25, 0.3) is 0 Å². The van der Waals surface area contributed by atoms with E-state index in [9.17, 15) is 9.59 Å². The molecule has 0 bridgehead atoms. The number of rotatable bonds is 1. The summed E-state index contributed by atoms with van der Waals surface area (Å²) in [6.07, 6.45) is 0.137. The summed E-state index contributed by atoms with van der Waals surface area (Å²) < 4.78 is 0. The van der Waals surface area contributed by atoms with Gasteiger partial charge in [0, 0.05) is 13.1 Å². The molecule has 0 aromatic carbocycles. The van der Waals surface area contributed by atoms with Crippen molar-refractivity contribution < 1.29 is 9.59 Å². The number of halogens is 1. The molecule has 0 saturated carbocycles. The van der Waals surface area contributed by atoms with Crippen LogP contribution in [-0.4, -0.2) is 35.8 Å². The van der Waals surface area contributed by atoms with Crippen LogP contribution in [0.4, 0.5) is 4.79 Å². The third-order valence-electron chi connectivity index (χ3n) is 1.40. The third-order valence-corrected chi connectivity index (χ3v) is 1.61. The molecule has 1 heterocycles. The zero-order valence-electron chi connectivity index (χ0n) is 5.21. The Kier molecular flexibility index (Phi) is 2.24. The van der Waals surface area contributed by atoms with Crippen LogP contribution < -0.4 is 5.32 Å². The Hall–Kier alpha value is -0.610. The first-order valence-corrected chi connectivity index (χ1v) is 3.28. The van der Waals surface area contributed by atoms with E-state index in [0.717, 1.165) is 0 Å². The predicted octanol–water partition coefficient (Wildman–Crippen LogP) is -0.225. The summed E-state index contributed by atoms with van der Waals surface area (Å²) in [7, 11) is 0. The summed E-state index contributed by atoms with van der Waals surface area (Å²) in [5, 5.41) is 2.21. The van der Waals surface area contributed by atoms with Gasteiger partial charge in [-0.25, -0.2) is 0 Å². The Morgan fingerprint density at radius 2 is 2.50 bits per heavy atom. The molecule has 1 saturated heterocycles. The maximum atomic E-state index is 10.5. The van der Waals surface area contributed by atoms with Gasteiger partial charge in [-0.3, -0.25) is 14.9 Å². The maximum Gasteiger partial charge on any atom is 0.318 e. The van der Waals surface area contributed by atoms with Crippen molar-refractivity contribution in [1.29, 1.82) is 0 Å². The molecule has 10 heavy (non-hydrogen) atoms. The minimum absolute atomic E-state index is 0.506. The molecule has 0 aromatic heterocycles. The van der Waals surface area contributed by atoms with Gasteiger partial charge in [-0.2, -0.15) is 0 Å². The highest BCUT2D eigenvalue weighted by atomic mass is 35.5. The van der Waals surface area contributed by atoms with E-state index in [2.05, 4.69) is 5.32 Å². The van der Waals surface area contributed by atoms with E-state index in [4.69, 9.17) is 11.6 Å². The van der Waals surface area contributed by atoms with Crippen molar-refractivity contribution in [2.45, 2.75) is 6.17 Å². The Labute approximate surface area is 63.1 Å². The van der Waals surface area contributed by atoms with Crippen molar-refractivity contribution in [3.63, 3.8) is 0 Å². The van der Waals surface area contributed by atoms with Crippen molar-refractivity contribution in [3.8, 4) is 0 Å².